The summed E-state index contributed by atoms with van der Waals surface area (Å²) in [5, 5.41) is 10.8. The van der Waals surface area contributed by atoms with Crippen molar-refractivity contribution in [3.63, 3.8) is 0 Å². The smallest absolute Gasteiger partial charge is 0.243 e. The molecule has 0 fully saturated rings. The minimum absolute atomic E-state index is 0.209. The maximum absolute atomic E-state index is 13.4. The van der Waals surface area contributed by atoms with E-state index in [0.717, 1.165) is 34.3 Å². The van der Waals surface area contributed by atoms with Crippen LogP contribution in [-0.4, -0.2) is 55.8 Å². The molecular formula is C36H51N5O4. The molecule has 0 saturated carbocycles. The van der Waals surface area contributed by atoms with Crippen LogP contribution in [0.2, 0.25) is 0 Å². The minimum Gasteiger partial charge on any atom is -0.357 e. The van der Waals surface area contributed by atoms with Gasteiger partial charge in [-0.1, -0.05) is 88.4 Å². The van der Waals surface area contributed by atoms with Gasteiger partial charge in [-0.25, -0.2) is 0 Å². The Bertz CT molecular complexity index is 1380. The summed E-state index contributed by atoms with van der Waals surface area (Å²) < 4.78 is 0. The van der Waals surface area contributed by atoms with E-state index in [1.807, 2.05) is 68.5 Å². The molecule has 0 aromatic heterocycles. The fourth-order valence-electron chi connectivity index (χ4n) is 5.32. The first-order chi connectivity index (χ1) is 21.5. The zero-order valence-corrected chi connectivity index (χ0v) is 27.8. The highest BCUT2D eigenvalue weighted by atomic mass is 16.2. The van der Waals surface area contributed by atoms with Crippen LogP contribution in [0.3, 0.4) is 0 Å². The summed E-state index contributed by atoms with van der Waals surface area (Å²) in [5.74, 6) is -1.29. The average Bonchev–Trinajstić information content (AvgIpc) is 3.06. The molecule has 3 atom stereocenters. The number of carbonyl (C=O) groups excluding carboxylic acids is 4. The monoisotopic (exact) mass is 617 g/mol. The minimum atomic E-state index is -0.957. The molecule has 4 amide bonds. The third kappa shape index (κ3) is 10.7. The maximum Gasteiger partial charge on any atom is 0.243 e. The second kappa shape index (κ2) is 18.5. The first-order valence-electron chi connectivity index (χ1n) is 15.8. The van der Waals surface area contributed by atoms with Crippen LogP contribution in [0.1, 0.15) is 94.9 Å². The molecule has 0 aliphatic rings. The Labute approximate surface area is 268 Å². The molecule has 2 rings (SSSR count). The number of likely N-dealkylation sites (N-methyl/N-ethyl adjacent to an activating group) is 1. The standard InChI is InChI=1S/C36H51N5O4/c1-8-24(6)28-16-12-14-18-30(28)26(10-3)19-31(35(44)38-7)41-34(43)22-39-36(45)32(40-33(42)21-37)20-25(9-2)29-17-13-11-15-27(29)23(4)5/h9-18,23-24,31-32H,8,19-22,37H2,1-7H3,(H,38,44)(H,39,45)(H,40,42)(H,41,43)/b25-9-,26-10-. The van der Waals surface area contributed by atoms with Gasteiger partial charge in [0.1, 0.15) is 12.1 Å². The van der Waals surface area contributed by atoms with Crippen molar-refractivity contribution in [2.45, 2.75) is 84.7 Å². The number of hydrogen-bond acceptors (Lipinski definition) is 5. The number of amides is 4. The van der Waals surface area contributed by atoms with Gasteiger partial charge in [-0.3, -0.25) is 19.2 Å². The van der Waals surface area contributed by atoms with E-state index in [4.69, 9.17) is 5.73 Å². The van der Waals surface area contributed by atoms with Crippen LogP contribution in [-0.2, 0) is 19.2 Å². The van der Waals surface area contributed by atoms with E-state index in [1.165, 1.54) is 12.6 Å². The Balaban J connectivity index is 2.20. The van der Waals surface area contributed by atoms with Crippen molar-refractivity contribution < 1.29 is 19.2 Å². The molecule has 9 nitrogen and oxygen atoms in total. The van der Waals surface area contributed by atoms with Gasteiger partial charge in [0.15, 0.2) is 0 Å². The molecule has 0 bridgehead atoms. The van der Waals surface area contributed by atoms with Crippen LogP contribution >= 0.6 is 0 Å². The zero-order valence-electron chi connectivity index (χ0n) is 27.8. The lowest BCUT2D eigenvalue weighted by Crippen LogP contribution is -2.52. The van der Waals surface area contributed by atoms with Gasteiger partial charge < -0.3 is 27.0 Å². The second-order valence-electron chi connectivity index (χ2n) is 11.5. The molecular weight excluding hydrogens is 566 g/mol. The van der Waals surface area contributed by atoms with Gasteiger partial charge in [-0.15, -0.1) is 0 Å². The van der Waals surface area contributed by atoms with E-state index in [2.05, 4.69) is 55.0 Å². The normalized spacial score (nSPS) is 13.9. The number of carbonyl (C=O) groups is 4. The molecule has 0 saturated heterocycles. The van der Waals surface area contributed by atoms with Gasteiger partial charge in [-0.05, 0) is 65.5 Å². The summed E-state index contributed by atoms with van der Waals surface area (Å²) in [5.41, 5.74) is 11.7. The summed E-state index contributed by atoms with van der Waals surface area (Å²) >= 11 is 0. The Hall–Kier alpha value is -4.24. The van der Waals surface area contributed by atoms with Crippen molar-refractivity contribution in [2.75, 3.05) is 20.1 Å². The lowest BCUT2D eigenvalue weighted by atomic mass is 9.87. The van der Waals surface area contributed by atoms with Crippen LogP contribution in [0.15, 0.2) is 60.7 Å². The van der Waals surface area contributed by atoms with Crippen LogP contribution < -0.4 is 27.0 Å². The van der Waals surface area contributed by atoms with Crippen molar-refractivity contribution in [2.24, 2.45) is 5.73 Å². The summed E-state index contributed by atoms with van der Waals surface area (Å²) in [7, 11) is 1.52. The zero-order chi connectivity index (χ0) is 33.5. The summed E-state index contributed by atoms with van der Waals surface area (Å²) in [6, 6.07) is 14.2. The Kier molecular flexibility index (Phi) is 15.2. The number of rotatable bonds is 16. The highest BCUT2D eigenvalue weighted by Gasteiger charge is 2.26. The van der Waals surface area contributed by atoms with Crippen LogP contribution in [0.25, 0.3) is 11.1 Å². The molecule has 3 unspecified atom stereocenters. The molecule has 0 spiro atoms. The molecule has 0 aliphatic carbocycles. The highest BCUT2D eigenvalue weighted by Crippen LogP contribution is 2.31. The number of nitrogens with two attached hydrogens (primary N) is 1. The molecule has 2 aromatic carbocycles. The Morgan fingerprint density at radius 1 is 0.756 bits per heavy atom. The predicted octanol–water partition coefficient (Wildman–Crippen LogP) is 4.40. The third-order valence-corrected chi connectivity index (χ3v) is 8.08. The molecule has 2 aromatic rings. The molecule has 0 aliphatic heterocycles. The fourth-order valence-corrected chi connectivity index (χ4v) is 5.32. The summed E-state index contributed by atoms with van der Waals surface area (Å²) in [6.07, 6.45) is 5.34. The van der Waals surface area contributed by atoms with Gasteiger partial charge in [-0.2, -0.15) is 0 Å². The van der Waals surface area contributed by atoms with Gasteiger partial charge in [0.25, 0.3) is 0 Å². The van der Waals surface area contributed by atoms with E-state index >= 15 is 0 Å². The number of hydrogen-bond donors (Lipinski definition) is 5. The first kappa shape index (κ1) is 36.9. The van der Waals surface area contributed by atoms with Crippen molar-refractivity contribution in [1.29, 1.82) is 0 Å². The number of allylic oxidation sites excluding steroid dienone is 2. The predicted molar refractivity (Wildman–Crippen MR) is 182 cm³/mol. The summed E-state index contributed by atoms with van der Waals surface area (Å²) in [6.45, 7) is 11.6. The summed E-state index contributed by atoms with van der Waals surface area (Å²) in [4.78, 5) is 51.6. The van der Waals surface area contributed by atoms with Gasteiger partial charge in [0.05, 0.1) is 13.1 Å². The molecule has 6 N–H and O–H groups in total. The van der Waals surface area contributed by atoms with E-state index in [1.54, 1.807) is 0 Å². The van der Waals surface area contributed by atoms with Crippen LogP contribution in [0, 0.1) is 0 Å². The molecule has 0 radical (unpaired) electrons. The topological polar surface area (TPSA) is 142 Å². The van der Waals surface area contributed by atoms with Crippen molar-refractivity contribution in [3.05, 3.63) is 82.9 Å². The first-order valence-corrected chi connectivity index (χ1v) is 15.8. The molecule has 9 heteroatoms. The second-order valence-corrected chi connectivity index (χ2v) is 11.5. The molecule has 244 valence electrons. The maximum atomic E-state index is 13.4. The van der Waals surface area contributed by atoms with E-state index in [9.17, 15) is 19.2 Å². The van der Waals surface area contributed by atoms with Crippen LogP contribution in [0.4, 0.5) is 0 Å². The van der Waals surface area contributed by atoms with Crippen molar-refractivity contribution in [1.82, 2.24) is 21.3 Å². The lowest BCUT2D eigenvalue weighted by Gasteiger charge is -2.23. The van der Waals surface area contributed by atoms with Gasteiger partial charge in [0.2, 0.25) is 23.6 Å². The van der Waals surface area contributed by atoms with Crippen molar-refractivity contribution in [3.8, 4) is 0 Å². The molecule has 45 heavy (non-hydrogen) atoms. The Morgan fingerprint density at radius 2 is 1.24 bits per heavy atom. The average molecular weight is 618 g/mol. The van der Waals surface area contributed by atoms with Gasteiger partial charge in [0, 0.05) is 19.9 Å². The number of nitrogens with one attached hydrogen (secondary N) is 4. The quantitative estimate of drug-likeness (QED) is 0.190. The van der Waals surface area contributed by atoms with E-state index < -0.39 is 29.8 Å². The highest BCUT2D eigenvalue weighted by molar-refractivity contribution is 5.94. The van der Waals surface area contributed by atoms with Crippen LogP contribution in [0.5, 0.6) is 0 Å². The third-order valence-electron chi connectivity index (χ3n) is 8.08. The molecule has 0 heterocycles. The fraction of sp³-hybridized carbons (Fsp3) is 0.444. The SMILES string of the molecule is C/C=C(/CC(NC(=O)CN)C(=O)NCC(=O)NC(C/C(=C/C)c1ccccc1C(C)CC)C(=O)NC)c1ccccc1C(C)C. The largest absolute Gasteiger partial charge is 0.357 e. The Morgan fingerprint density at radius 3 is 1.73 bits per heavy atom. The van der Waals surface area contributed by atoms with Crippen molar-refractivity contribution >= 4 is 34.8 Å². The number of benzene rings is 2. The van der Waals surface area contributed by atoms with E-state index in [0.29, 0.717) is 5.92 Å². The lowest BCUT2D eigenvalue weighted by molar-refractivity contribution is -0.131. The van der Waals surface area contributed by atoms with E-state index in [-0.39, 0.29) is 37.8 Å². The van der Waals surface area contributed by atoms with Gasteiger partial charge >= 0.3 is 0 Å².